The highest BCUT2D eigenvalue weighted by molar-refractivity contribution is 5.88. The van der Waals surface area contributed by atoms with Crippen molar-refractivity contribution in [2.45, 2.75) is 75.5 Å². The van der Waals surface area contributed by atoms with E-state index in [2.05, 4.69) is 43.3 Å². The summed E-state index contributed by atoms with van der Waals surface area (Å²) in [6, 6.07) is 20.8. The fourth-order valence-corrected chi connectivity index (χ4v) is 5.44. The predicted molar refractivity (Wildman–Crippen MR) is 111 cm³/mol. The van der Waals surface area contributed by atoms with E-state index < -0.39 is 11.3 Å². The van der Waals surface area contributed by atoms with Gasteiger partial charge in [0.2, 0.25) is 0 Å². The number of nitrogens with zero attached hydrogens (tertiary/aromatic N) is 1. The Labute approximate surface area is 172 Å². The fourth-order valence-electron chi connectivity index (χ4n) is 5.44. The van der Waals surface area contributed by atoms with Crippen LogP contribution in [-0.4, -0.2) is 28.2 Å². The zero-order valence-electron chi connectivity index (χ0n) is 17.0. The van der Waals surface area contributed by atoms with Crippen molar-refractivity contribution in [2.75, 3.05) is 0 Å². The number of hydrogen-bond acceptors (Lipinski definition) is 3. The molecule has 0 unspecified atom stereocenters. The lowest BCUT2D eigenvalue weighted by atomic mass is 9.82. The Bertz CT molecular complexity index is 860. The highest BCUT2D eigenvalue weighted by Gasteiger charge is 2.63. The summed E-state index contributed by atoms with van der Waals surface area (Å²) in [7, 11) is 0. The Hall–Kier alpha value is -2.17. The minimum Gasteiger partial charge on any atom is -0.374 e. The Balaban J connectivity index is 1.26. The number of fused-ring (bicyclic) bond motifs is 1. The molecule has 1 aliphatic carbocycles. The summed E-state index contributed by atoms with van der Waals surface area (Å²) in [6.45, 7) is 2.73. The van der Waals surface area contributed by atoms with Gasteiger partial charge in [0.1, 0.15) is 11.3 Å². The maximum Gasteiger partial charge on any atom is 0.257 e. The lowest BCUT2D eigenvalue weighted by molar-refractivity contribution is -0.154. The van der Waals surface area contributed by atoms with Gasteiger partial charge in [-0.3, -0.25) is 4.79 Å². The average Bonchev–Trinajstić information content (AvgIpc) is 3.20. The van der Waals surface area contributed by atoms with Crippen molar-refractivity contribution in [1.29, 1.82) is 0 Å². The van der Waals surface area contributed by atoms with Crippen LogP contribution in [-0.2, 0) is 20.9 Å². The monoisotopic (exact) mass is 391 g/mol. The van der Waals surface area contributed by atoms with Gasteiger partial charge in [0.15, 0.2) is 0 Å². The van der Waals surface area contributed by atoms with Crippen molar-refractivity contribution in [1.82, 2.24) is 4.90 Å². The summed E-state index contributed by atoms with van der Waals surface area (Å²) in [6.07, 6.45) is 5.30. The third-order valence-corrected chi connectivity index (χ3v) is 6.98. The molecule has 152 valence electrons. The molecule has 0 N–H and O–H groups in total. The van der Waals surface area contributed by atoms with Crippen molar-refractivity contribution >= 4 is 5.91 Å². The van der Waals surface area contributed by atoms with Crippen LogP contribution in [0.2, 0.25) is 0 Å². The van der Waals surface area contributed by atoms with Crippen LogP contribution in [0.25, 0.3) is 0 Å². The maximum absolute atomic E-state index is 13.6. The maximum atomic E-state index is 13.6. The lowest BCUT2D eigenvalue weighted by Crippen LogP contribution is -2.45. The highest BCUT2D eigenvalue weighted by Crippen LogP contribution is 2.54. The Morgan fingerprint density at radius 3 is 2.31 bits per heavy atom. The fraction of sp³-hybridized carbons (Fsp3) is 0.480. The van der Waals surface area contributed by atoms with Crippen LogP contribution < -0.4 is 0 Å². The van der Waals surface area contributed by atoms with Crippen LogP contribution >= 0.6 is 0 Å². The van der Waals surface area contributed by atoms with Gasteiger partial charge in [-0.05, 0) is 56.6 Å². The topological polar surface area (TPSA) is 38.8 Å². The quantitative estimate of drug-likeness (QED) is 0.737. The number of hydrogen-bond donors (Lipinski definition) is 0. The normalized spacial score (nSPS) is 34.0. The molecule has 1 saturated carbocycles. The van der Waals surface area contributed by atoms with Gasteiger partial charge in [0.05, 0.1) is 18.8 Å². The van der Waals surface area contributed by atoms with Crippen LogP contribution in [0.3, 0.4) is 0 Å². The van der Waals surface area contributed by atoms with Gasteiger partial charge < -0.3 is 14.4 Å². The number of benzene rings is 2. The van der Waals surface area contributed by atoms with Crippen LogP contribution in [0, 0.1) is 0 Å². The second kappa shape index (κ2) is 7.26. The molecule has 0 bridgehead atoms. The van der Waals surface area contributed by atoms with Gasteiger partial charge in [-0.1, -0.05) is 60.7 Å². The molecule has 4 heteroatoms. The molecule has 0 radical (unpaired) electrons. The minimum atomic E-state index is -0.658. The van der Waals surface area contributed by atoms with Gasteiger partial charge >= 0.3 is 0 Å². The van der Waals surface area contributed by atoms with Gasteiger partial charge in [0.25, 0.3) is 5.91 Å². The first kappa shape index (κ1) is 18.8. The zero-order valence-corrected chi connectivity index (χ0v) is 17.0. The molecule has 2 heterocycles. The largest absolute Gasteiger partial charge is 0.374 e. The van der Waals surface area contributed by atoms with Gasteiger partial charge in [-0.15, -0.1) is 0 Å². The smallest absolute Gasteiger partial charge is 0.257 e. The molecular formula is C25H29NO3. The lowest BCUT2D eigenvalue weighted by Gasteiger charge is -2.35. The molecular weight excluding hydrogens is 362 g/mol. The van der Waals surface area contributed by atoms with E-state index >= 15 is 0 Å². The second-order valence-electron chi connectivity index (χ2n) is 8.91. The molecule has 2 aromatic carbocycles. The van der Waals surface area contributed by atoms with E-state index in [4.69, 9.17) is 9.47 Å². The molecule has 2 atom stereocenters. The first-order chi connectivity index (χ1) is 14.1. The van der Waals surface area contributed by atoms with E-state index in [1.54, 1.807) is 0 Å². The van der Waals surface area contributed by atoms with Gasteiger partial charge in [0, 0.05) is 0 Å². The van der Waals surface area contributed by atoms with E-state index in [9.17, 15) is 4.79 Å². The Kier molecular flexibility index (Phi) is 4.72. The Morgan fingerprint density at radius 2 is 1.62 bits per heavy atom. The summed E-state index contributed by atoms with van der Waals surface area (Å²) in [5, 5.41) is 0. The number of rotatable bonds is 4. The second-order valence-corrected chi connectivity index (χ2v) is 8.91. The minimum absolute atomic E-state index is 0.125. The van der Waals surface area contributed by atoms with Crippen molar-refractivity contribution in [3.63, 3.8) is 0 Å². The molecule has 0 aromatic heterocycles. The van der Waals surface area contributed by atoms with Crippen LogP contribution in [0.4, 0.5) is 0 Å². The molecule has 2 aliphatic heterocycles. The van der Waals surface area contributed by atoms with Crippen molar-refractivity contribution in [3.8, 4) is 0 Å². The number of carbonyl (C=O) groups excluding carboxylic acids is 1. The molecule has 4 nitrogen and oxygen atoms in total. The molecule has 3 fully saturated rings. The van der Waals surface area contributed by atoms with Gasteiger partial charge in [-0.2, -0.15) is 0 Å². The summed E-state index contributed by atoms with van der Waals surface area (Å²) in [4.78, 5) is 15.6. The first-order valence-corrected chi connectivity index (χ1v) is 10.8. The van der Waals surface area contributed by atoms with Crippen LogP contribution in [0.15, 0.2) is 60.7 Å². The Morgan fingerprint density at radius 1 is 0.966 bits per heavy atom. The van der Waals surface area contributed by atoms with Gasteiger partial charge in [-0.25, -0.2) is 0 Å². The van der Waals surface area contributed by atoms with Crippen LogP contribution in [0.1, 0.15) is 62.6 Å². The number of amides is 1. The van der Waals surface area contributed by atoms with Crippen molar-refractivity contribution in [3.05, 3.63) is 71.8 Å². The summed E-state index contributed by atoms with van der Waals surface area (Å²) in [5.41, 5.74) is 1.27. The predicted octanol–water partition coefficient (Wildman–Crippen LogP) is 4.99. The number of carbonyl (C=O) groups is 1. The molecule has 2 aromatic rings. The molecule has 1 spiro atoms. The van der Waals surface area contributed by atoms with E-state index in [0.29, 0.717) is 6.61 Å². The highest BCUT2D eigenvalue weighted by atomic mass is 16.6. The van der Waals surface area contributed by atoms with E-state index in [-0.39, 0.29) is 18.1 Å². The third kappa shape index (κ3) is 3.28. The van der Waals surface area contributed by atoms with E-state index in [1.165, 1.54) is 11.1 Å². The van der Waals surface area contributed by atoms with Crippen LogP contribution in [0.5, 0.6) is 0 Å². The number of ether oxygens (including phenoxy) is 2. The first-order valence-electron chi connectivity index (χ1n) is 10.8. The molecule has 29 heavy (non-hydrogen) atoms. The third-order valence-electron chi connectivity index (χ3n) is 6.98. The molecule has 3 aliphatic rings. The average molecular weight is 392 g/mol. The molecule has 2 saturated heterocycles. The SMILES string of the molecule is C[C@@]12CC[C@@H](c3ccccc3)N1C(=O)C1(CCC(OCc3ccccc3)CC1)O2. The molecule has 5 rings (SSSR count). The standard InChI is InChI=1S/C25H29NO3/c1-24-15-14-22(20-10-6-3-7-11-20)26(24)23(27)25(29-24)16-12-21(13-17-25)28-18-19-8-4-2-5-9-19/h2-11,21-22H,12-18H2,1H3/t21?,22-,24+,25?/m0/s1. The van der Waals surface area contributed by atoms with Crippen molar-refractivity contribution < 1.29 is 14.3 Å². The summed E-state index contributed by atoms with van der Waals surface area (Å²) < 4.78 is 12.7. The summed E-state index contributed by atoms with van der Waals surface area (Å²) >= 11 is 0. The van der Waals surface area contributed by atoms with Crippen molar-refractivity contribution in [2.24, 2.45) is 0 Å². The van der Waals surface area contributed by atoms with E-state index in [1.807, 2.05) is 29.2 Å². The van der Waals surface area contributed by atoms with E-state index in [0.717, 1.165) is 38.5 Å². The molecule has 1 amide bonds. The zero-order chi connectivity index (χ0) is 19.9. The summed E-state index contributed by atoms with van der Waals surface area (Å²) in [5.74, 6) is 0.188.